The number of amides is 1. The van der Waals surface area contributed by atoms with E-state index in [0.717, 1.165) is 34.7 Å². The second-order valence-electron chi connectivity index (χ2n) is 5.87. The maximum atomic E-state index is 12.3. The van der Waals surface area contributed by atoms with Crippen molar-refractivity contribution in [1.82, 2.24) is 9.97 Å². The zero-order valence-corrected chi connectivity index (χ0v) is 12.3. The second-order valence-corrected chi connectivity index (χ2v) is 6.72. The van der Waals surface area contributed by atoms with Gasteiger partial charge in [0.1, 0.15) is 0 Å². The first-order valence-electron chi connectivity index (χ1n) is 6.82. The highest BCUT2D eigenvalue weighted by atomic mass is 79.9. The highest BCUT2D eigenvalue weighted by molar-refractivity contribution is 9.10. The van der Waals surface area contributed by atoms with Crippen LogP contribution in [0.4, 0.5) is 5.69 Å². The van der Waals surface area contributed by atoms with Crippen LogP contribution in [-0.4, -0.2) is 15.9 Å². The zero-order chi connectivity index (χ0) is 13.9. The molecule has 2 fully saturated rings. The lowest BCUT2D eigenvalue weighted by atomic mass is 10.0. The van der Waals surface area contributed by atoms with Gasteiger partial charge in [0, 0.05) is 10.4 Å². The first kappa shape index (κ1) is 12.2. The molecule has 1 heterocycles. The summed E-state index contributed by atoms with van der Waals surface area (Å²) in [5, 5.41) is 2.97. The lowest BCUT2D eigenvalue weighted by Gasteiger charge is -2.13. The molecule has 4 rings (SSSR count). The Kier molecular flexibility index (Phi) is 2.57. The number of halogens is 1. The van der Waals surface area contributed by atoms with Gasteiger partial charge in [0.05, 0.1) is 16.7 Å². The van der Waals surface area contributed by atoms with E-state index in [0.29, 0.717) is 11.2 Å². The number of anilines is 1. The number of aromatic nitrogens is 2. The molecule has 0 radical (unpaired) electrons. The van der Waals surface area contributed by atoms with Crippen molar-refractivity contribution in [3.63, 3.8) is 0 Å². The molecule has 2 aliphatic rings. The third kappa shape index (κ3) is 1.98. The summed E-state index contributed by atoms with van der Waals surface area (Å²) in [7, 11) is 0. The van der Waals surface area contributed by atoms with Crippen molar-refractivity contribution in [2.45, 2.75) is 19.3 Å². The standard InChI is InChI=1S/C14H14BrN3O2/c15-9-4-11-12(18-14(20)17-11)5-10(9)16-13(19)8-2-6-1-7(6)3-8/h4-8H,1-3H2,(H,16,19)(H2,17,18,20). The van der Waals surface area contributed by atoms with Crippen molar-refractivity contribution >= 4 is 38.6 Å². The Bertz CT molecular complexity index is 753. The molecule has 2 atom stereocenters. The molecule has 6 heteroatoms. The number of carbonyl (C=O) groups excluding carboxylic acids is 1. The number of rotatable bonds is 2. The van der Waals surface area contributed by atoms with E-state index in [1.54, 1.807) is 12.1 Å². The highest BCUT2D eigenvalue weighted by Crippen LogP contribution is 2.54. The van der Waals surface area contributed by atoms with E-state index in [1.807, 2.05) is 0 Å². The van der Waals surface area contributed by atoms with Crippen LogP contribution in [0.3, 0.4) is 0 Å². The molecular formula is C14H14BrN3O2. The van der Waals surface area contributed by atoms with Gasteiger partial charge in [-0.2, -0.15) is 0 Å². The topological polar surface area (TPSA) is 77.8 Å². The Morgan fingerprint density at radius 3 is 2.50 bits per heavy atom. The van der Waals surface area contributed by atoms with Gasteiger partial charge in [0.15, 0.2) is 0 Å². The van der Waals surface area contributed by atoms with Crippen LogP contribution in [0.15, 0.2) is 21.4 Å². The first-order chi connectivity index (χ1) is 9.60. The summed E-state index contributed by atoms with van der Waals surface area (Å²) >= 11 is 3.43. The molecule has 2 unspecified atom stereocenters. The van der Waals surface area contributed by atoms with E-state index in [-0.39, 0.29) is 17.5 Å². The molecule has 3 N–H and O–H groups in total. The van der Waals surface area contributed by atoms with Crippen molar-refractivity contribution in [2.24, 2.45) is 17.8 Å². The van der Waals surface area contributed by atoms with Crippen LogP contribution in [0.1, 0.15) is 19.3 Å². The number of fused-ring (bicyclic) bond motifs is 2. The van der Waals surface area contributed by atoms with Crippen molar-refractivity contribution in [1.29, 1.82) is 0 Å². The smallest absolute Gasteiger partial charge is 0.323 e. The molecule has 2 aromatic rings. The number of hydrogen-bond acceptors (Lipinski definition) is 2. The molecule has 0 saturated heterocycles. The van der Waals surface area contributed by atoms with Gasteiger partial charge in [-0.3, -0.25) is 4.79 Å². The van der Waals surface area contributed by atoms with Gasteiger partial charge in [0.25, 0.3) is 0 Å². The van der Waals surface area contributed by atoms with Crippen LogP contribution < -0.4 is 11.0 Å². The minimum Gasteiger partial charge on any atom is -0.325 e. The average molecular weight is 336 g/mol. The van der Waals surface area contributed by atoms with Crippen LogP contribution >= 0.6 is 15.9 Å². The molecule has 1 aromatic carbocycles. The maximum Gasteiger partial charge on any atom is 0.323 e. The van der Waals surface area contributed by atoms with E-state index in [1.165, 1.54) is 6.42 Å². The van der Waals surface area contributed by atoms with Gasteiger partial charge in [-0.1, -0.05) is 0 Å². The summed E-state index contributed by atoms with van der Waals surface area (Å²) in [4.78, 5) is 28.9. The average Bonchev–Trinajstić information content (AvgIpc) is 2.83. The van der Waals surface area contributed by atoms with E-state index in [9.17, 15) is 9.59 Å². The van der Waals surface area contributed by atoms with Crippen LogP contribution in [0.25, 0.3) is 11.0 Å². The SMILES string of the molecule is O=C(Nc1cc2[nH]c(=O)[nH]c2cc1Br)C1CC2CC2C1. The van der Waals surface area contributed by atoms with Crippen LogP contribution in [0, 0.1) is 17.8 Å². The number of H-pyrrole nitrogens is 2. The van der Waals surface area contributed by atoms with Gasteiger partial charge < -0.3 is 15.3 Å². The van der Waals surface area contributed by atoms with Crippen LogP contribution in [0.2, 0.25) is 0 Å². The lowest BCUT2D eigenvalue weighted by Crippen LogP contribution is -2.21. The first-order valence-corrected chi connectivity index (χ1v) is 7.62. The highest BCUT2D eigenvalue weighted by Gasteiger charge is 2.48. The van der Waals surface area contributed by atoms with Crippen LogP contribution in [-0.2, 0) is 4.79 Å². The van der Waals surface area contributed by atoms with Gasteiger partial charge in [-0.05, 0) is 59.2 Å². The zero-order valence-electron chi connectivity index (χ0n) is 10.7. The summed E-state index contributed by atoms with van der Waals surface area (Å²) in [6, 6.07) is 3.58. The fourth-order valence-electron chi connectivity index (χ4n) is 3.32. The molecule has 1 amide bonds. The number of nitrogens with one attached hydrogen (secondary N) is 3. The molecule has 0 bridgehead atoms. The molecule has 5 nitrogen and oxygen atoms in total. The van der Waals surface area contributed by atoms with E-state index in [2.05, 4.69) is 31.2 Å². The maximum absolute atomic E-state index is 12.3. The molecule has 0 spiro atoms. The van der Waals surface area contributed by atoms with Gasteiger partial charge in [0.2, 0.25) is 5.91 Å². The molecular weight excluding hydrogens is 322 g/mol. The van der Waals surface area contributed by atoms with Crippen molar-refractivity contribution in [3.8, 4) is 0 Å². The molecule has 2 saturated carbocycles. The van der Waals surface area contributed by atoms with E-state index >= 15 is 0 Å². The lowest BCUT2D eigenvalue weighted by molar-refractivity contribution is -0.120. The number of imidazole rings is 1. The predicted molar refractivity (Wildman–Crippen MR) is 79.6 cm³/mol. The number of aromatic amines is 2. The Hall–Kier alpha value is -1.56. The summed E-state index contributed by atoms with van der Waals surface area (Å²) < 4.78 is 0.775. The van der Waals surface area contributed by atoms with Crippen molar-refractivity contribution in [2.75, 3.05) is 5.32 Å². The quantitative estimate of drug-likeness (QED) is 0.788. The van der Waals surface area contributed by atoms with Crippen LogP contribution in [0.5, 0.6) is 0 Å². The summed E-state index contributed by atoms with van der Waals surface area (Å²) in [6.07, 6.45) is 3.36. The van der Waals surface area contributed by atoms with Crippen molar-refractivity contribution < 1.29 is 4.79 Å². The summed E-state index contributed by atoms with van der Waals surface area (Å²) in [6.45, 7) is 0. The molecule has 2 aliphatic carbocycles. The Morgan fingerprint density at radius 1 is 1.15 bits per heavy atom. The summed E-state index contributed by atoms with van der Waals surface area (Å²) in [5.41, 5.74) is 1.88. The largest absolute Gasteiger partial charge is 0.325 e. The fraction of sp³-hybridized carbons (Fsp3) is 0.429. The fourth-order valence-corrected chi connectivity index (χ4v) is 3.76. The minimum atomic E-state index is -0.244. The number of carbonyl (C=O) groups is 1. The Labute approximate surface area is 123 Å². The van der Waals surface area contributed by atoms with Gasteiger partial charge >= 0.3 is 5.69 Å². The molecule has 0 aliphatic heterocycles. The normalized spacial score (nSPS) is 27.6. The predicted octanol–water partition coefficient (Wildman–Crippen LogP) is 2.60. The van der Waals surface area contributed by atoms with E-state index in [4.69, 9.17) is 0 Å². The Morgan fingerprint density at radius 2 is 1.80 bits per heavy atom. The monoisotopic (exact) mass is 335 g/mol. The third-order valence-electron chi connectivity index (χ3n) is 4.48. The minimum absolute atomic E-state index is 0.0927. The second kappa shape index (κ2) is 4.22. The van der Waals surface area contributed by atoms with Crippen molar-refractivity contribution in [3.05, 3.63) is 27.1 Å². The molecule has 20 heavy (non-hydrogen) atoms. The van der Waals surface area contributed by atoms with Gasteiger partial charge in [-0.25, -0.2) is 4.79 Å². The number of hydrogen-bond donors (Lipinski definition) is 3. The molecule has 1 aromatic heterocycles. The molecule has 104 valence electrons. The van der Waals surface area contributed by atoms with E-state index < -0.39 is 0 Å². The third-order valence-corrected chi connectivity index (χ3v) is 5.13. The number of benzene rings is 1. The van der Waals surface area contributed by atoms with Gasteiger partial charge in [-0.15, -0.1) is 0 Å². The Balaban J connectivity index is 1.59. The summed E-state index contributed by atoms with van der Waals surface area (Å²) in [5.74, 6) is 1.82.